The topological polar surface area (TPSA) is 60.9 Å². The second kappa shape index (κ2) is 7.03. The van der Waals surface area contributed by atoms with Gasteiger partial charge in [0.25, 0.3) is 0 Å². The van der Waals surface area contributed by atoms with E-state index in [2.05, 4.69) is 0 Å². The van der Waals surface area contributed by atoms with E-state index in [-0.39, 0.29) is 24.1 Å². The molecule has 24 heavy (non-hydrogen) atoms. The quantitative estimate of drug-likeness (QED) is 0.762. The summed E-state index contributed by atoms with van der Waals surface area (Å²) in [6, 6.07) is 7.89. The molecule has 3 rings (SSSR count). The fourth-order valence-corrected chi connectivity index (χ4v) is 3.40. The maximum absolute atomic E-state index is 12.6. The Hall–Kier alpha value is -2.37. The maximum Gasteiger partial charge on any atom is 0.236 e. The van der Waals surface area contributed by atoms with Crippen molar-refractivity contribution in [3.8, 4) is 0 Å². The highest BCUT2D eigenvalue weighted by Crippen LogP contribution is 2.27. The van der Waals surface area contributed by atoms with E-state index in [9.17, 15) is 14.4 Å². The summed E-state index contributed by atoms with van der Waals surface area (Å²) in [4.78, 5) is 41.5. The third-order valence-electron chi connectivity index (χ3n) is 4.79. The molecule has 0 aromatic heterocycles. The highest BCUT2D eigenvalue weighted by atomic mass is 16.2. The van der Waals surface area contributed by atoms with E-state index in [4.69, 9.17) is 0 Å². The van der Waals surface area contributed by atoms with Crippen LogP contribution in [0.3, 0.4) is 0 Å². The number of amides is 3. The van der Waals surface area contributed by atoms with Gasteiger partial charge < -0.3 is 14.7 Å². The molecule has 6 heteroatoms. The molecule has 3 amide bonds. The molecule has 0 bridgehead atoms. The molecule has 0 unspecified atom stereocenters. The second-order valence-corrected chi connectivity index (χ2v) is 6.34. The standard InChI is InChI=1S/C18H23N3O3/c1-14(22)19-9-11-20(12-10-19)17(23)13-18(24)21-8-4-6-15-5-2-3-7-16(15)21/h2-3,5,7H,4,6,8-13H2,1H3. The van der Waals surface area contributed by atoms with Crippen LogP contribution in [0.1, 0.15) is 25.3 Å². The van der Waals surface area contributed by atoms with Crippen LogP contribution in [0.25, 0.3) is 0 Å². The molecular weight excluding hydrogens is 306 g/mol. The molecule has 6 nitrogen and oxygen atoms in total. The Labute approximate surface area is 142 Å². The van der Waals surface area contributed by atoms with Gasteiger partial charge in [-0.15, -0.1) is 0 Å². The van der Waals surface area contributed by atoms with Gasteiger partial charge in [0.1, 0.15) is 6.42 Å². The molecule has 0 radical (unpaired) electrons. The van der Waals surface area contributed by atoms with E-state index in [1.165, 1.54) is 12.5 Å². The number of para-hydroxylation sites is 1. The lowest BCUT2D eigenvalue weighted by molar-refractivity contribution is -0.140. The summed E-state index contributed by atoms with van der Waals surface area (Å²) in [7, 11) is 0. The number of nitrogens with zero attached hydrogens (tertiary/aromatic N) is 3. The first kappa shape index (κ1) is 16.5. The third-order valence-corrected chi connectivity index (χ3v) is 4.79. The predicted molar refractivity (Wildman–Crippen MR) is 90.6 cm³/mol. The normalized spacial score (nSPS) is 17.5. The van der Waals surface area contributed by atoms with Crippen molar-refractivity contribution in [2.24, 2.45) is 0 Å². The molecule has 0 saturated carbocycles. The van der Waals surface area contributed by atoms with E-state index in [1.807, 2.05) is 24.3 Å². The molecule has 1 aromatic rings. The average Bonchev–Trinajstić information content (AvgIpc) is 2.61. The van der Waals surface area contributed by atoms with Gasteiger partial charge in [-0.1, -0.05) is 18.2 Å². The van der Waals surface area contributed by atoms with Crippen molar-refractivity contribution in [1.29, 1.82) is 0 Å². The zero-order valence-corrected chi connectivity index (χ0v) is 14.0. The summed E-state index contributed by atoms with van der Waals surface area (Å²) in [5.41, 5.74) is 2.10. The minimum absolute atomic E-state index is 0.0306. The highest BCUT2D eigenvalue weighted by Gasteiger charge is 2.27. The molecule has 2 aliphatic rings. The molecule has 2 aliphatic heterocycles. The SMILES string of the molecule is CC(=O)N1CCN(C(=O)CC(=O)N2CCCc3ccccc32)CC1. The summed E-state index contributed by atoms with van der Waals surface area (Å²) in [5, 5.41) is 0. The molecule has 0 spiro atoms. The van der Waals surface area contributed by atoms with E-state index in [0.717, 1.165) is 18.5 Å². The van der Waals surface area contributed by atoms with Gasteiger partial charge in [0.05, 0.1) is 0 Å². The van der Waals surface area contributed by atoms with Gasteiger partial charge in [-0.25, -0.2) is 0 Å². The van der Waals surface area contributed by atoms with Crippen molar-refractivity contribution < 1.29 is 14.4 Å². The lowest BCUT2D eigenvalue weighted by atomic mass is 10.0. The summed E-state index contributed by atoms with van der Waals surface area (Å²) in [6.07, 6.45) is 1.80. The number of hydrogen-bond acceptors (Lipinski definition) is 3. The van der Waals surface area contributed by atoms with Crippen LogP contribution >= 0.6 is 0 Å². The summed E-state index contributed by atoms with van der Waals surface area (Å²) in [6.45, 7) is 4.30. The van der Waals surface area contributed by atoms with Crippen LogP contribution in [0.5, 0.6) is 0 Å². The number of benzene rings is 1. The molecular formula is C18H23N3O3. The Bertz CT molecular complexity index is 651. The van der Waals surface area contributed by atoms with Crippen molar-refractivity contribution >= 4 is 23.4 Å². The molecule has 0 N–H and O–H groups in total. The van der Waals surface area contributed by atoms with Crippen molar-refractivity contribution in [2.75, 3.05) is 37.6 Å². The molecule has 1 saturated heterocycles. The van der Waals surface area contributed by atoms with Crippen LogP contribution < -0.4 is 4.90 Å². The molecule has 0 aliphatic carbocycles. The van der Waals surface area contributed by atoms with E-state index in [0.29, 0.717) is 32.7 Å². The van der Waals surface area contributed by atoms with Crippen molar-refractivity contribution in [3.05, 3.63) is 29.8 Å². The first-order valence-electron chi connectivity index (χ1n) is 8.48. The number of hydrogen-bond donors (Lipinski definition) is 0. The zero-order chi connectivity index (χ0) is 17.1. The number of anilines is 1. The second-order valence-electron chi connectivity index (χ2n) is 6.34. The number of carbonyl (C=O) groups excluding carboxylic acids is 3. The van der Waals surface area contributed by atoms with Gasteiger partial charge >= 0.3 is 0 Å². The van der Waals surface area contributed by atoms with Crippen LogP contribution in [0, 0.1) is 0 Å². The smallest absolute Gasteiger partial charge is 0.236 e. The van der Waals surface area contributed by atoms with Gasteiger partial charge in [-0.3, -0.25) is 14.4 Å². The van der Waals surface area contributed by atoms with Gasteiger partial charge in [-0.2, -0.15) is 0 Å². The number of carbonyl (C=O) groups is 3. The Morgan fingerprint density at radius 2 is 1.58 bits per heavy atom. The largest absolute Gasteiger partial charge is 0.339 e. The highest BCUT2D eigenvalue weighted by molar-refractivity contribution is 6.05. The fraction of sp³-hybridized carbons (Fsp3) is 0.500. The monoisotopic (exact) mass is 329 g/mol. The third kappa shape index (κ3) is 3.42. The number of rotatable bonds is 2. The van der Waals surface area contributed by atoms with Crippen molar-refractivity contribution in [2.45, 2.75) is 26.2 Å². The average molecular weight is 329 g/mol. The van der Waals surface area contributed by atoms with Gasteiger partial charge in [0.2, 0.25) is 17.7 Å². The number of fused-ring (bicyclic) bond motifs is 1. The van der Waals surface area contributed by atoms with E-state index in [1.54, 1.807) is 14.7 Å². The Balaban J connectivity index is 1.60. The Morgan fingerprint density at radius 3 is 2.29 bits per heavy atom. The van der Waals surface area contributed by atoms with Crippen LogP contribution in [0.4, 0.5) is 5.69 Å². The molecule has 128 valence electrons. The number of aryl methyl sites for hydroxylation is 1. The van der Waals surface area contributed by atoms with Crippen LogP contribution in [0.15, 0.2) is 24.3 Å². The van der Waals surface area contributed by atoms with E-state index >= 15 is 0 Å². The molecule has 1 aromatic carbocycles. The maximum atomic E-state index is 12.6. The summed E-state index contributed by atoms with van der Waals surface area (Å²) < 4.78 is 0. The Kier molecular flexibility index (Phi) is 4.83. The minimum atomic E-state index is -0.147. The van der Waals surface area contributed by atoms with Crippen LogP contribution in [-0.4, -0.2) is 60.2 Å². The summed E-state index contributed by atoms with van der Waals surface area (Å²) in [5.74, 6) is -0.254. The van der Waals surface area contributed by atoms with Gasteiger partial charge in [0, 0.05) is 45.3 Å². The fourth-order valence-electron chi connectivity index (χ4n) is 3.40. The number of piperazine rings is 1. The molecule has 2 heterocycles. The van der Waals surface area contributed by atoms with Crippen LogP contribution in [-0.2, 0) is 20.8 Å². The van der Waals surface area contributed by atoms with Gasteiger partial charge in [0.15, 0.2) is 0 Å². The van der Waals surface area contributed by atoms with Gasteiger partial charge in [-0.05, 0) is 24.5 Å². The lowest BCUT2D eigenvalue weighted by Gasteiger charge is -2.35. The predicted octanol–water partition coefficient (Wildman–Crippen LogP) is 1.05. The van der Waals surface area contributed by atoms with E-state index < -0.39 is 0 Å². The van der Waals surface area contributed by atoms with Crippen molar-refractivity contribution in [3.63, 3.8) is 0 Å². The molecule has 1 fully saturated rings. The first-order valence-corrected chi connectivity index (χ1v) is 8.48. The minimum Gasteiger partial charge on any atom is -0.339 e. The lowest BCUT2D eigenvalue weighted by Crippen LogP contribution is -2.51. The van der Waals surface area contributed by atoms with Crippen LogP contribution in [0.2, 0.25) is 0 Å². The first-order chi connectivity index (χ1) is 11.6. The van der Waals surface area contributed by atoms with Crippen molar-refractivity contribution in [1.82, 2.24) is 9.80 Å². The molecule has 0 atom stereocenters. The summed E-state index contributed by atoms with van der Waals surface area (Å²) >= 11 is 0. The zero-order valence-electron chi connectivity index (χ0n) is 14.0. The Morgan fingerprint density at radius 1 is 0.917 bits per heavy atom.